The first kappa shape index (κ1) is 21.6. The second-order valence-electron chi connectivity index (χ2n) is 7.42. The molecule has 149 valence electrons. The summed E-state index contributed by atoms with van der Waals surface area (Å²) in [5, 5.41) is 29.4. The van der Waals surface area contributed by atoms with Gasteiger partial charge < -0.3 is 0 Å². The third kappa shape index (κ3) is 4.26. The van der Waals surface area contributed by atoms with E-state index in [4.69, 9.17) is 0 Å². The van der Waals surface area contributed by atoms with Gasteiger partial charge in [0.25, 0.3) is 0 Å². The van der Waals surface area contributed by atoms with Gasteiger partial charge in [-0.1, -0.05) is 0 Å². The van der Waals surface area contributed by atoms with Crippen LogP contribution in [0.3, 0.4) is 0 Å². The summed E-state index contributed by atoms with van der Waals surface area (Å²) in [6.45, 7) is 6.35. The van der Waals surface area contributed by atoms with Crippen molar-refractivity contribution in [1.29, 1.82) is 0 Å². The van der Waals surface area contributed by atoms with Crippen molar-refractivity contribution in [2.75, 3.05) is 11.4 Å². The number of aliphatic hydroxyl groups is 1. The summed E-state index contributed by atoms with van der Waals surface area (Å²) in [5.41, 5.74) is 5.39. The molecule has 0 aliphatic carbocycles. The van der Waals surface area contributed by atoms with Crippen molar-refractivity contribution in [3.8, 4) is 0 Å². The molecule has 1 aliphatic rings. The van der Waals surface area contributed by atoms with Gasteiger partial charge in [-0.2, -0.15) is 0 Å². The van der Waals surface area contributed by atoms with E-state index in [1.165, 1.54) is 6.07 Å². The van der Waals surface area contributed by atoms with Crippen LogP contribution >= 0.6 is 0 Å². The number of benzene rings is 2. The summed E-state index contributed by atoms with van der Waals surface area (Å²) < 4.78 is 15.4. The van der Waals surface area contributed by atoms with Gasteiger partial charge in [-0.15, -0.1) is 0 Å². The molecule has 0 atom stereocenters. The van der Waals surface area contributed by atoms with E-state index in [1.807, 2.05) is 18.2 Å². The van der Waals surface area contributed by atoms with Crippen LogP contribution in [-0.4, -0.2) is 33.5 Å². The van der Waals surface area contributed by atoms with E-state index in [1.54, 1.807) is 29.9 Å². The molecular formula is C22H23BFNO3V. The summed E-state index contributed by atoms with van der Waals surface area (Å²) >= 11 is 2.26. The van der Waals surface area contributed by atoms with Crippen molar-refractivity contribution in [1.82, 2.24) is 0 Å². The zero-order chi connectivity index (χ0) is 21.3. The SMILES string of the molecule is Cc1cc(N2C/C(=C(/O)[CH]=[V])C(c3ccc(B(O)O)cc3)=C2C(C)C)ccc1F. The summed E-state index contributed by atoms with van der Waals surface area (Å²) in [7, 11) is -1.53. The Balaban J connectivity index is 2.22. The maximum absolute atomic E-state index is 13.8. The van der Waals surface area contributed by atoms with Crippen LogP contribution in [0, 0.1) is 18.7 Å². The predicted octanol–water partition coefficient (Wildman–Crippen LogP) is 2.86. The molecule has 4 nitrogen and oxygen atoms in total. The maximum atomic E-state index is 13.8. The van der Waals surface area contributed by atoms with Crippen LogP contribution in [0.2, 0.25) is 0 Å². The van der Waals surface area contributed by atoms with E-state index in [0.29, 0.717) is 17.6 Å². The van der Waals surface area contributed by atoms with Gasteiger partial charge in [0.1, 0.15) is 0 Å². The second kappa shape index (κ2) is 8.72. The van der Waals surface area contributed by atoms with Crippen LogP contribution in [0.25, 0.3) is 5.57 Å². The fraction of sp³-hybridized carbons (Fsp3) is 0.227. The molecule has 0 saturated carbocycles. The Kier molecular flexibility index (Phi) is 6.49. The topological polar surface area (TPSA) is 63.9 Å². The van der Waals surface area contributed by atoms with Gasteiger partial charge >= 0.3 is 180 Å². The Morgan fingerprint density at radius 3 is 2.34 bits per heavy atom. The number of aliphatic hydroxyl groups excluding tert-OH is 1. The quantitative estimate of drug-likeness (QED) is 0.505. The fourth-order valence-electron chi connectivity index (χ4n) is 3.67. The molecule has 2 aromatic carbocycles. The van der Waals surface area contributed by atoms with Gasteiger partial charge in [0.15, 0.2) is 0 Å². The number of allylic oxidation sites excluding steroid dienone is 2. The van der Waals surface area contributed by atoms with Crippen LogP contribution in [-0.2, 0) is 17.0 Å². The summed E-state index contributed by atoms with van der Waals surface area (Å²) in [6, 6.07) is 12.0. The number of anilines is 1. The second-order valence-corrected chi connectivity index (χ2v) is 7.83. The van der Waals surface area contributed by atoms with E-state index >= 15 is 0 Å². The normalized spacial score (nSPS) is 15.9. The molecule has 3 rings (SSSR count). The molecule has 0 unspecified atom stereocenters. The Morgan fingerprint density at radius 1 is 1.17 bits per heavy atom. The number of halogens is 1. The number of aryl methyl sites for hydroxylation is 1. The van der Waals surface area contributed by atoms with Gasteiger partial charge in [0.05, 0.1) is 0 Å². The van der Waals surface area contributed by atoms with Crippen LogP contribution in [0.5, 0.6) is 0 Å². The molecule has 0 aromatic heterocycles. The molecule has 1 heterocycles. The van der Waals surface area contributed by atoms with Gasteiger partial charge in [-0.3, -0.25) is 0 Å². The average Bonchev–Trinajstić information content (AvgIpc) is 3.10. The predicted molar refractivity (Wildman–Crippen MR) is 112 cm³/mol. The molecule has 2 aromatic rings. The molecule has 3 N–H and O–H groups in total. The summed E-state index contributed by atoms with van der Waals surface area (Å²) in [6.07, 6.45) is 0. The van der Waals surface area contributed by atoms with Crippen LogP contribution in [0.1, 0.15) is 25.0 Å². The zero-order valence-electron chi connectivity index (χ0n) is 16.6. The molecule has 0 spiro atoms. The number of rotatable bonds is 5. The van der Waals surface area contributed by atoms with Gasteiger partial charge in [0.2, 0.25) is 0 Å². The molecule has 0 fully saturated rings. The monoisotopic (exact) mass is 430 g/mol. The Labute approximate surface area is 179 Å². The number of nitrogens with zero attached hydrogens (tertiary/aromatic N) is 1. The van der Waals surface area contributed by atoms with E-state index in [9.17, 15) is 19.5 Å². The molecule has 0 saturated heterocycles. The minimum atomic E-state index is -1.53. The van der Waals surface area contributed by atoms with E-state index in [0.717, 1.165) is 28.1 Å². The van der Waals surface area contributed by atoms with Crippen molar-refractivity contribution in [2.24, 2.45) is 5.92 Å². The number of hydrogen-bond donors (Lipinski definition) is 3. The summed E-state index contributed by atoms with van der Waals surface area (Å²) in [4.78, 5) is 2.10. The fourth-order valence-corrected chi connectivity index (χ4v) is 3.91. The Hall–Kier alpha value is -2.11. The molecule has 1 aliphatic heterocycles. The van der Waals surface area contributed by atoms with Crippen LogP contribution < -0.4 is 10.4 Å². The van der Waals surface area contributed by atoms with Crippen molar-refractivity contribution in [2.45, 2.75) is 20.8 Å². The van der Waals surface area contributed by atoms with Crippen LogP contribution in [0.15, 0.2) is 59.5 Å². The van der Waals surface area contributed by atoms with E-state index in [2.05, 4.69) is 35.7 Å². The van der Waals surface area contributed by atoms with E-state index < -0.39 is 7.12 Å². The molecule has 0 bridgehead atoms. The molecule has 0 amide bonds. The molecular weight excluding hydrogens is 407 g/mol. The van der Waals surface area contributed by atoms with Crippen molar-refractivity contribution in [3.63, 3.8) is 0 Å². The van der Waals surface area contributed by atoms with Crippen molar-refractivity contribution < 1.29 is 36.5 Å². The van der Waals surface area contributed by atoms with Crippen molar-refractivity contribution in [3.05, 3.63) is 76.4 Å². The first-order valence-electron chi connectivity index (χ1n) is 9.38. The zero-order valence-corrected chi connectivity index (χ0v) is 18.0. The van der Waals surface area contributed by atoms with Gasteiger partial charge in [-0.05, 0) is 0 Å². The van der Waals surface area contributed by atoms with E-state index in [-0.39, 0.29) is 17.5 Å². The number of hydrogen-bond acceptors (Lipinski definition) is 4. The third-order valence-electron chi connectivity index (χ3n) is 5.09. The standard InChI is InChI=1S/C22H23BFNO3.V/c1-13(2)22-21(16-5-7-17(8-6-16)23(27)28)19(15(4)26)12-25(22)18-9-10-20(24)14(3)11-18;/h4-11,13,26-28H,12H2,1-3H3;/b19-15-;. The third-order valence-corrected chi connectivity index (χ3v) is 5.48. The molecule has 0 radical (unpaired) electrons. The Bertz CT molecular complexity index is 1000. The van der Waals surface area contributed by atoms with Gasteiger partial charge in [0, 0.05) is 0 Å². The van der Waals surface area contributed by atoms with Crippen LogP contribution in [0.4, 0.5) is 10.1 Å². The summed E-state index contributed by atoms with van der Waals surface area (Å²) in [5.74, 6) is 0.0556. The van der Waals surface area contributed by atoms with Gasteiger partial charge in [-0.25, -0.2) is 0 Å². The molecule has 7 heteroatoms. The first-order valence-corrected chi connectivity index (χ1v) is 10.2. The molecule has 29 heavy (non-hydrogen) atoms. The average molecular weight is 430 g/mol. The van der Waals surface area contributed by atoms with Crippen molar-refractivity contribution >= 4 is 28.6 Å². The first-order chi connectivity index (χ1) is 13.7. The Morgan fingerprint density at radius 2 is 1.83 bits per heavy atom. The minimum absolute atomic E-state index is 0.134.